The molecule has 1 aromatic heterocycles. The van der Waals surface area contributed by atoms with Crippen LogP contribution in [0, 0.1) is 0 Å². The first kappa shape index (κ1) is 18.1. The number of Topliss-reactive ketones (excluding diaryl/α,β-unsaturated/α-hetero) is 1. The first-order valence-corrected chi connectivity index (χ1v) is 9.31. The number of sulfone groups is 1. The van der Waals surface area contributed by atoms with Crippen LogP contribution in [0.4, 0.5) is 0 Å². The normalized spacial score (nSPS) is 20.0. The molecule has 2 heterocycles. The summed E-state index contributed by atoms with van der Waals surface area (Å²) in [6, 6.07) is 1.72. The van der Waals surface area contributed by atoms with Crippen LogP contribution in [0.2, 0.25) is 0 Å². The molecular formula is C16H25NO5S. The van der Waals surface area contributed by atoms with Crippen molar-refractivity contribution in [1.82, 2.24) is 5.16 Å². The molecule has 1 atom stereocenters. The Labute approximate surface area is 137 Å². The zero-order valence-electron chi connectivity index (χ0n) is 14.4. The maximum atomic E-state index is 12.7. The van der Waals surface area contributed by atoms with Crippen molar-refractivity contribution >= 4 is 15.6 Å². The van der Waals surface area contributed by atoms with Crippen molar-refractivity contribution in [2.45, 2.75) is 62.9 Å². The predicted molar refractivity (Wildman–Crippen MR) is 86.1 cm³/mol. The lowest BCUT2D eigenvalue weighted by atomic mass is 9.92. The van der Waals surface area contributed by atoms with Gasteiger partial charge in [0.1, 0.15) is 10.5 Å². The van der Waals surface area contributed by atoms with Crippen molar-refractivity contribution in [2.75, 3.05) is 13.2 Å². The number of ether oxygens (including phenoxy) is 1. The Morgan fingerprint density at radius 3 is 2.43 bits per heavy atom. The Hall–Kier alpha value is -1.21. The third kappa shape index (κ3) is 3.50. The Kier molecular flexibility index (Phi) is 4.74. The fraction of sp³-hybridized carbons (Fsp3) is 0.750. The first-order chi connectivity index (χ1) is 10.5. The van der Waals surface area contributed by atoms with Gasteiger partial charge in [0.05, 0.1) is 24.0 Å². The third-order valence-corrected chi connectivity index (χ3v) is 7.27. The molecule has 0 aliphatic carbocycles. The lowest BCUT2D eigenvalue weighted by Gasteiger charge is -2.26. The van der Waals surface area contributed by atoms with Crippen molar-refractivity contribution < 1.29 is 22.5 Å². The quantitative estimate of drug-likeness (QED) is 0.813. The molecule has 0 saturated carbocycles. The van der Waals surface area contributed by atoms with E-state index in [1.165, 1.54) is 13.8 Å². The van der Waals surface area contributed by atoms with Gasteiger partial charge in [-0.15, -0.1) is 0 Å². The molecule has 1 aromatic rings. The SMILES string of the molecule is CC(C)(C)c1cc(CC(=O)C(C)(C)S(=O)(=O)C2CCOC2)on1. The van der Waals surface area contributed by atoms with E-state index in [0.29, 0.717) is 18.8 Å². The minimum Gasteiger partial charge on any atom is -0.380 e. The van der Waals surface area contributed by atoms with Gasteiger partial charge < -0.3 is 9.26 Å². The Balaban J connectivity index is 2.17. The molecule has 0 amide bonds. The second-order valence-corrected chi connectivity index (χ2v) is 10.3. The number of hydrogen-bond donors (Lipinski definition) is 0. The van der Waals surface area contributed by atoms with E-state index in [0.717, 1.165) is 5.69 Å². The molecule has 0 aromatic carbocycles. The molecule has 0 bridgehead atoms. The number of carbonyl (C=O) groups excluding carboxylic acids is 1. The molecule has 0 spiro atoms. The lowest BCUT2D eigenvalue weighted by molar-refractivity contribution is -0.120. The average Bonchev–Trinajstić information content (AvgIpc) is 3.08. The summed E-state index contributed by atoms with van der Waals surface area (Å²) in [5.74, 6) is 0.00637. The van der Waals surface area contributed by atoms with Gasteiger partial charge in [-0.1, -0.05) is 25.9 Å². The first-order valence-electron chi connectivity index (χ1n) is 7.77. The van der Waals surface area contributed by atoms with Gasteiger partial charge in [0.2, 0.25) is 0 Å². The molecule has 1 aliphatic heterocycles. The summed E-state index contributed by atoms with van der Waals surface area (Å²) < 4.78 is 34.3. The van der Waals surface area contributed by atoms with Gasteiger partial charge in [0, 0.05) is 18.1 Å². The molecule has 2 rings (SSSR count). The second kappa shape index (κ2) is 6.02. The van der Waals surface area contributed by atoms with Gasteiger partial charge in [-0.05, 0) is 20.3 Å². The maximum absolute atomic E-state index is 12.7. The molecule has 6 nitrogen and oxygen atoms in total. The summed E-state index contributed by atoms with van der Waals surface area (Å²) in [5.41, 5.74) is 0.554. The number of ketones is 1. The van der Waals surface area contributed by atoms with E-state index in [4.69, 9.17) is 9.26 Å². The molecule has 7 heteroatoms. The number of hydrogen-bond acceptors (Lipinski definition) is 6. The van der Waals surface area contributed by atoms with Crippen molar-refractivity contribution in [2.24, 2.45) is 0 Å². The molecule has 1 fully saturated rings. The monoisotopic (exact) mass is 343 g/mol. The fourth-order valence-corrected chi connectivity index (χ4v) is 4.36. The minimum atomic E-state index is -3.62. The summed E-state index contributed by atoms with van der Waals surface area (Å²) in [5, 5.41) is 3.36. The molecule has 1 aliphatic rings. The highest BCUT2D eigenvalue weighted by Crippen LogP contribution is 2.29. The van der Waals surface area contributed by atoms with Crippen LogP contribution in [0.15, 0.2) is 10.6 Å². The van der Waals surface area contributed by atoms with Gasteiger partial charge >= 0.3 is 0 Å². The van der Waals surface area contributed by atoms with Crippen molar-refractivity contribution in [3.05, 3.63) is 17.5 Å². The van der Waals surface area contributed by atoms with E-state index in [-0.39, 0.29) is 24.2 Å². The topological polar surface area (TPSA) is 86.5 Å². The number of aromatic nitrogens is 1. The summed E-state index contributed by atoms with van der Waals surface area (Å²) >= 11 is 0. The minimum absolute atomic E-state index is 0.0805. The Morgan fingerprint density at radius 1 is 1.30 bits per heavy atom. The largest absolute Gasteiger partial charge is 0.380 e. The van der Waals surface area contributed by atoms with Crippen molar-refractivity contribution in [1.29, 1.82) is 0 Å². The van der Waals surface area contributed by atoms with E-state index in [1.54, 1.807) is 6.07 Å². The third-order valence-electron chi connectivity index (χ3n) is 4.37. The van der Waals surface area contributed by atoms with Crippen LogP contribution < -0.4 is 0 Å². The summed E-state index contributed by atoms with van der Waals surface area (Å²) in [7, 11) is -3.62. The van der Waals surface area contributed by atoms with Crippen LogP contribution >= 0.6 is 0 Å². The van der Waals surface area contributed by atoms with Crippen LogP contribution in [-0.2, 0) is 31.2 Å². The molecule has 1 unspecified atom stereocenters. The molecule has 130 valence electrons. The van der Waals surface area contributed by atoms with Crippen molar-refractivity contribution in [3.8, 4) is 0 Å². The highest BCUT2D eigenvalue weighted by molar-refractivity contribution is 7.94. The predicted octanol–water partition coefficient (Wildman–Crippen LogP) is 2.07. The van der Waals surface area contributed by atoms with E-state index in [1.807, 2.05) is 20.8 Å². The van der Waals surface area contributed by atoms with Gasteiger partial charge in [-0.3, -0.25) is 4.79 Å². The standard InChI is InChI=1S/C16H25NO5S/c1-15(2,3)13-8-11(22-17-13)9-14(18)16(4,5)23(19,20)12-6-7-21-10-12/h8,12H,6-7,9-10H2,1-5H3. The van der Waals surface area contributed by atoms with Gasteiger partial charge in [-0.2, -0.15) is 0 Å². The average molecular weight is 343 g/mol. The second-order valence-electron chi connectivity index (χ2n) is 7.57. The molecular weight excluding hydrogens is 318 g/mol. The highest BCUT2D eigenvalue weighted by atomic mass is 32.2. The van der Waals surface area contributed by atoms with Gasteiger partial charge in [-0.25, -0.2) is 8.42 Å². The van der Waals surface area contributed by atoms with E-state index >= 15 is 0 Å². The number of nitrogens with zero attached hydrogens (tertiary/aromatic N) is 1. The number of carbonyl (C=O) groups is 1. The van der Waals surface area contributed by atoms with Crippen LogP contribution in [0.25, 0.3) is 0 Å². The summed E-state index contributed by atoms with van der Waals surface area (Å²) in [4.78, 5) is 12.6. The smallest absolute Gasteiger partial charge is 0.167 e. The van der Waals surface area contributed by atoms with Crippen LogP contribution in [0.1, 0.15) is 52.5 Å². The van der Waals surface area contributed by atoms with Crippen LogP contribution in [-0.4, -0.2) is 42.6 Å². The maximum Gasteiger partial charge on any atom is 0.167 e. The highest BCUT2D eigenvalue weighted by Gasteiger charge is 2.47. The molecule has 0 radical (unpaired) electrons. The number of rotatable bonds is 5. The fourth-order valence-electron chi connectivity index (χ4n) is 2.45. The van der Waals surface area contributed by atoms with Crippen LogP contribution in [0.5, 0.6) is 0 Å². The Morgan fingerprint density at radius 2 is 1.96 bits per heavy atom. The van der Waals surface area contributed by atoms with Crippen molar-refractivity contribution in [3.63, 3.8) is 0 Å². The van der Waals surface area contributed by atoms with E-state index < -0.39 is 19.8 Å². The van der Waals surface area contributed by atoms with Crippen LogP contribution in [0.3, 0.4) is 0 Å². The molecule has 23 heavy (non-hydrogen) atoms. The zero-order chi connectivity index (χ0) is 17.5. The molecule has 1 saturated heterocycles. The molecule has 0 N–H and O–H groups in total. The van der Waals surface area contributed by atoms with E-state index in [2.05, 4.69) is 5.16 Å². The van der Waals surface area contributed by atoms with Gasteiger partial charge in [0.25, 0.3) is 0 Å². The van der Waals surface area contributed by atoms with Gasteiger partial charge in [0.15, 0.2) is 15.6 Å². The Bertz CT molecular complexity index is 676. The van der Waals surface area contributed by atoms with E-state index in [9.17, 15) is 13.2 Å². The summed E-state index contributed by atoms with van der Waals surface area (Å²) in [6.07, 6.45) is 0.360. The summed E-state index contributed by atoms with van der Waals surface area (Å²) in [6.45, 7) is 9.48. The lowest BCUT2D eigenvalue weighted by Crippen LogP contribution is -2.47. The zero-order valence-corrected chi connectivity index (χ0v) is 15.2.